The highest BCUT2D eigenvalue weighted by Gasteiger charge is 2.22. The van der Waals surface area contributed by atoms with Crippen molar-refractivity contribution in [2.75, 3.05) is 7.05 Å². The summed E-state index contributed by atoms with van der Waals surface area (Å²) in [5, 5.41) is 4.48. The lowest BCUT2D eigenvalue weighted by Gasteiger charge is -2.17. The van der Waals surface area contributed by atoms with Gasteiger partial charge in [-0.2, -0.15) is 0 Å². The van der Waals surface area contributed by atoms with Gasteiger partial charge in [0.2, 0.25) is 0 Å². The fourth-order valence-corrected chi connectivity index (χ4v) is 4.50. The van der Waals surface area contributed by atoms with Gasteiger partial charge in [-0.25, -0.2) is 4.98 Å². The minimum atomic E-state index is 0.105. The number of nitrogens with one attached hydrogen (secondary N) is 1. The Bertz CT molecular complexity index is 597. The van der Waals surface area contributed by atoms with Crippen molar-refractivity contribution >= 4 is 23.1 Å². The average Bonchev–Trinajstić information content (AvgIpc) is 2.81. The minimum absolute atomic E-state index is 0.105. The van der Waals surface area contributed by atoms with Gasteiger partial charge in [-0.05, 0) is 25.6 Å². The Morgan fingerprint density at radius 1 is 1.24 bits per heavy atom. The van der Waals surface area contributed by atoms with Crippen LogP contribution < -0.4 is 5.32 Å². The van der Waals surface area contributed by atoms with E-state index in [-0.39, 0.29) is 5.41 Å². The van der Waals surface area contributed by atoms with E-state index in [1.54, 1.807) is 0 Å². The van der Waals surface area contributed by atoms with Crippen molar-refractivity contribution in [1.82, 2.24) is 10.3 Å². The number of aromatic nitrogens is 1. The zero-order valence-electron chi connectivity index (χ0n) is 13.5. The van der Waals surface area contributed by atoms with Crippen LogP contribution in [0.1, 0.15) is 41.9 Å². The number of benzene rings is 1. The van der Waals surface area contributed by atoms with E-state index in [0.717, 1.165) is 12.3 Å². The van der Waals surface area contributed by atoms with E-state index in [9.17, 15) is 0 Å². The molecule has 1 aromatic heterocycles. The maximum atomic E-state index is 4.90. The van der Waals surface area contributed by atoms with Gasteiger partial charge in [-0.3, -0.25) is 0 Å². The molecule has 0 aliphatic carbocycles. The molecule has 0 saturated heterocycles. The molecule has 21 heavy (non-hydrogen) atoms. The zero-order chi connectivity index (χ0) is 15.5. The largest absolute Gasteiger partial charge is 0.315 e. The highest BCUT2D eigenvalue weighted by Crippen LogP contribution is 2.33. The van der Waals surface area contributed by atoms with Gasteiger partial charge in [0.25, 0.3) is 0 Å². The maximum absolute atomic E-state index is 4.90. The zero-order valence-corrected chi connectivity index (χ0v) is 15.1. The van der Waals surface area contributed by atoms with Crippen molar-refractivity contribution in [3.8, 4) is 0 Å². The van der Waals surface area contributed by atoms with Crippen LogP contribution in [0.5, 0.6) is 0 Å². The molecule has 2 rings (SSSR count). The Morgan fingerprint density at radius 2 is 1.95 bits per heavy atom. The fourth-order valence-electron chi connectivity index (χ4n) is 2.19. The molecular weight excluding hydrogens is 296 g/mol. The van der Waals surface area contributed by atoms with Gasteiger partial charge in [-0.15, -0.1) is 23.1 Å². The van der Waals surface area contributed by atoms with E-state index >= 15 is 0 Å². The molecule has 0 fully saturated rings. The van der Waals surface area contributed by atoms with Crippen molar-refractivity contribution in [1.29, 1.82) is 0 Å². The Balaban J connectivity index is 2.16. The fraction of sp³-hybridized carbons (Fsp3) is 0.471. The molecule has 0 saturated carbocycles. The second-order valence-electron chi connectivity index (χ2n) is 6.21. The first kappa shape index (κ1) is 16.5. The molecule has 2 nitrogen and oxygen atoms in total. The van der Waals surface area contributed by atoms with Crippen LogP contribution in [0.3, 0.4) is 0 Å². The Labute approximate surface area is 136 Å². The van der Waals surface area contributed by atoms with Gasteiger partial charge in [0.1, 0.15) is 5.01 Å². The molecule has 4 heteroatoms. The van der Waals surface area contributed by atoms with Crippen LogP contribution in [0, 0.1) is 6.92 Å². The van der Waals surface area contributed by atoms with Crippen LogP contribution in [0.4, 0.5) is 0 Å². The predicted octanol–water partition coefficient (Wildman–Crippen LogP) is 4.76. The standard InChI is InChI=1S/C17H24N2S2/c1-12-8-6-7-9-13(12)20-11-15-19-16(17(2,3)4)14(21-15)10-18-5/h6-9,18H,10-11H2,1-5H3. The van der Waals surface area contributed by atoms with Gasteiger partial charge < -0.3 is 5.32 Å². The lowest BCUT2D eigenvalue weighted by atomic mass is 9.91. The second kappa shape index (κ2) is 6.95. The van der Waals surface area contributed by atoms with Crippen molar-refractivity contribution in [2.45, 2.75) is 50.3 Å². The number of aryl methyl sites for hydroxylation is 1. The van der Waals surface area contributed by atoms with Crippen LogP contribution >= 0.6 is 23.1 Å². The highest BCUT2D eigenvalue weighted by atomic mass is 32.2. The molecule has 0 aliphatic heterocycles. The number of thiazole rings is 1. The smallest absolute Gasteiger partial charge is 0.103 e. The highest BCUT2D eigenvalue weighted by molar-refractivity contribution is 7.98. The van der Waals surface area contributed by atoms with Crippen LogP contribution in [-0.2, 0) is 17.7 Å². The first-order valence-electron chi connectivity index (χ1n) is 7.24. The molecule has 0 amide bonds. The summed E-state index contributed by atoms with van der Waals surface area (Å²) in [5.41, 5.74) is 2.68. The first-order chi connectivity index (χ1) is 9.91. The van der Waals surface area contributed by atoms with Crippen LogP contribution in [0.15, 0.2) is 29.2 Å². The SMILES string of the molecule is CNCc1sc(CSc2ccccc2C)nc1C(C)(C)C. The van der Waals surface area contributed by atoms with Gasteiger partial charge in [0.05, 0.1) is 11.4 Å². The lowest BCUT2D eigenvalue weighted by Crippen LogP contribution is -2.16. The molecule has 2 aromatic rings. The van der Waals surface area contributed by atoms with Gasteiger partial charge >= 0.3 is 0 Å². The predicted molar refractivity (Wildman–Crippen MR) is 94.3 cm³/mol. The number of nitrogens with zero attached hydrogens (tertiary/aromatic N) is 1. The number of thioether (sulfide) groups is 1. The molecule has 0 atom stereocenters. The Kier molecular flexibility index (Phi) is 5.47. The molecule has 0 unspecified atom stereocenters. The first-order valence-corrected chi connectivity index (χ1v) is 9.04. The van der Waals surface area contributed by atoms with E-state index in [2.05, 4.69) is 57.3 Å². The summed E-state index contributed by atoms with van der Waals surface area (Å²) in [6.45, 7) is 9.77. The summed E-state index contributed by atoms with van der Waals surface area (Å²) in [7, 11) is 1.99. The van der Waals surface area contributed by atoms with Crippen LogP contribution in [0.25, 0.3) is 0 Å². The summed E-state index contributed by atoms with van der Waals surface area (Å²) in [6, 6.07) is 8.54. The minimum Gasteiger partial charge on any atom is -0.315 e. The molecule has 1 heterocycles. The molecule has 0 bridgehead atoms. The summed E-state index contributed by atoms with van der Waals surface area (Å²) < 4.78 is 0. The normalized spacial score (nSPS) is 11.9. The van der Waals surface area contributed by atoms with Crippen molar-refractivity contribution < 1.29 is 0 Å². The molecular formula is C17H24N2S2. The molecule has 1 aromatic carbocycles. The Hall–Kier alpha value is -0.840. The van der Waals surface area contributed by atoms with Gasteiger partial charge in [-0.1, -0.05) is 39.0 Å². The summed E-state index contributed by atoms with van der Waals surface area (Å²) >= 11 is 3.72. The van der Waals surface area contributed by atoms with Crippen LogP contribution in [0.2, 0.25) is 0 Å². The quantitative estimate of drug-likeness (QED) is 0.804. The maximum Gasteiger partial charge on any atom is 0.103 e. The van der Waals surface area contributed by atoms with Gasteiger partial charge in [0, 0.05) is 21.7 Å². The van der Waals surface area contributed by atoms with Crippen molar-refractivity contribution in [3.05, 3.63) is 45.4 Å². The average molecular weight is 321 g/mol. The third-order valence-electron chi connectivity index (χ3n) is 3.23. The second-order valence-corrected chi connectivity index (χ2v) is 8.40. The number of rotatable bonds is 5. The summed E-state index contributed by atoms with van der Waals surface area (Å²) in [6.07, 6.45) is 0. The third kappa shape index (κ3) is 4.31. The molecule has 0 spiro atoms. The monoisotopic (exact) mass is 320 g/mol. The molecule has 1 N–H and O–H groups in total. The lowest BCUT2D eigenvalue weighted by molar-refractivity contribution is 0.562. The number of hydrogen-bond acceptors (Lipinski definition) is 4. The van der Waals surface area contributed by atoms with Crippen LogP contribution in [-0.4, -0.2) is 12.0 Å². The van der Waals surface area contributed by atoms with Crippen molar-refractivity contribution in [3.63, 3.8) is 0 Å². The van der Waals surface area contributed by atoms with E-state index in [0.29, 0.717) is 0 Å². The molecule has 114 valence electrons. The summed E-state index contributed by atoms with van der Waals surface area (Å²) in [4.78, 5) is 7.62. The van der Waals surface area contributed by atoms with E-state index in [1.807, 2.05) is 30.1 Å². The topological polar surface area (TPSA) is 24.9 Å². The van der Waals surface area contributed by atoms with Gasteiger partial charge in [0.15, 0.2) is 0 Å². The Morgan fingerprint density at radius 3 is 2.57 bits per heavy atom. The van der Waals surface area contributed by atoms with E-state index in [4.69, 9.17) is 4.98 Å². The van der Waals surface area contributed by atoms with Crippen molar-refractivity contribution in [2.24, 2.45) is 0 Å². The van der Waals surface area contributed by atoms with E-state index in [1.165, 1.54) is 26.0 Å². The molecule has 0 radical (unpaired) electrons. The summed E-state index contributed by atoms with van der Waals surface area (Å²) in [5.74, 6) is 0.947. The third-order valence-corrected chi connectivity index (χ3v) is 5.66. The molecule has 0 aliphatic rings. The van der Waals surface area contributed by atoms with E-state index < -0.39 is 0 Å². The number of hydrogen-bond donors (Lipinski definition) is 1.